The third-order valence-corrected chi connectivity index (χ3v) is 5.40. The van der Waals surface area contributed by atoms with E-state index in [1.165, 1.54) is 21.3 Å². The third-order valence-electron chi connectivity index (χ3n) is 2.96. The summed E-state index contributed by atoms with van der Waals surface area (Å²) in [7, 11) is -3.54. The van der Waals surface area contributed by atoms with Gasteiger partial charge in [-0.15, -0.1) is 0 Å². The maximum absolute atomic E-state index is 12.3. The highest BCUT2D eigenvalue weighted by Crippen LogP contribution is 2.20. The van der Waals surface area contributed by atoms with Crippen LogP contribution in [0.15, 0.2) is 33.6 Å². The maximum atomic E-state index is 12.3. The molecule has 0 radical (unpaired) electrons. The lowest BCUT2D eigenvalue weighted by molar-refractivity contribution is 0.126. The summed E-state index contributed by atoms with van der Waals surface area (Å²) in [4.78, 5) is 12.2. The van der Waals surface area contributed by atoms with Crippen LogP contribution in [0.25, 0.3) is 0 Å². The number of carbonyl (C=O) groups is 1. The first-order valence-corrected chi connectivity index (χ1v) is 7.88. The number of piperazine rings is 1. The maximum Gasteiger partial charge on any atom is 0.407 e. The first kappa shape index (κ1) is 14.3. The Morgan fingerprint density at radius 2 is 1.63 bits per heavy atom. The van der Waals surface area contributed by atoms with Gasteiger partial charge >= 0.3 is 6.09 Å². The van der Waals surface area contributed by atoms with E-state index in [0.29, 0.717) is 0 Å². The topological polar surface area (TPSA) is 77.9 Å². The van der Waals surface area contributed by atoms with Crippen LogP contribution in [0.2, 0.25) is 0 Å². The molecule has 1 aliphatic rings. The second kappa shape index (κ2) is 5.48. The summed E-state index contributed by atoms with van der Waals surface area (Å²) in [5.74, 6) is 0. The van der Waals surface area contributed by atoms with E-state index in [-0.39, 0.29) is 31.1 Å². The first-order chi connectivity index (χ1) is 8.91. The molecule has 2 rings (SSSR count). The number of rotatable bonds is 2. The molecule has 1 N–H and O–H groups in total. The van der Waals surface area contributed by atoms with Crippen molar-refractivity contribution in [3.8, 4) is 0 Å². The number of hydrogen-bond donors (Lipinski definition) is 1. The average Bonchev–Trinajstić information content (AvgIpc) is 2.39. The minimum absolute atomic E-state index is 0.185. The second-order valence-corrected chi connectivity index (χ2v) is 6.98. The largest absolute Gasteiger partial charge is 0.465 e. The molecule has 0 atom stereocenters. The highest BCUT2D eigenvalue weighted by atomic mass is 79.9. The van der Waals surface area contributed by atoms with Crippen LogP contribution >= 0.6 is 15.9 Å². The van der Waals surface area contributed by atoms with Crippen molar-refractivity contribution >= 4 is 32.0 Å². The van der Waals surface area contributed by atoms with E-state index >= 15 is 0 Å². The molecular weight excluding hydrogens is 336 g/mol. The summed E-state index contributed by atoms with van der Waals surface area (Å²) in [5.41, 5.74) is 0. The Kier molecular flexibility index (Phi) is 4.12. The van der Waals surface area contributed by atoms with Gasteiger partial charge in [-0.2, -0.15) is 4.31 Å². The zero-order valence-corrected chi connectivity index (χ0v) is 12.4. The van der Waals surface area contributed by atoms with Crippen LogP contribution in [0.4, 0.5) is 4.79 Å². The molecule has 1 aliphatic heterocycles. The normalized spacial score (nSPS) is 17.4. The number of amides is 1. The fraction of sp³-hybridized carbons (Fsp3) is 0.364. The van der Waals surface area contributed by atoms with Crippen molar-refractivity contribution in [2.75, 3.05) is 26.2 Å². The van der Waals surface area contributed by atoms with Gasteiger partial charge in [0.25, 0.3) is 0 Å². The fourth-order valence-electron chi connectivity index (χ4n) is 1.88. The zero-order valence-electron chi connectivity index (χ0n) is 9.99. The summed E-state index contributed by atoms with van der Waals surface area (Å²) < 4.78 is 26.8. The first-order valence-electron chi connectivity index (χ1n) is 5.65. The summed E-state index contributed by atoms with van der Waals surface area (Å²) in [5, 5.41) is 8.83. The number of hydrogen-bond acceptors (Lipinski definition) is 3. The van der Waals surface area contributed by atoms with Gasteiger partial charge in [0.15, 0.2) is 0 Å². The monoisotopic (exact) mass is 348 g/mol. The Bertz CT molecular complexity index is 565. The fourth-order valence-corrected chi connectivity index (χ4v) is 3.56. The highest BCUT2D eigenvalue weighted by molar-refractivity contribution is 9.10. The van der Waals surface area contributed by atoms with Crippen LogP contribution in [0, 0.1) is 0 Å². The van der Waals surface area contributed by atoms with Crippen LogP contribution in [-0.2, 0) is 10.0 Å². The summed E-state index contributed by atoms with van der Waals surface area (Å²) >= 11 is 3.25. The van der Waals surface area contributed by atoms with Crippen molar-refractivity contribution in [3.63, 3.8) is 0 Å². The molecule has 1 fully saturated rings. The smallest absolute Gasteiger partial charge is 0.407 e. The Balaban J connectivity index is 2.14. The predicted octanol–water partition coefficient (Wildman–Crippen LogP) is 1.43. The van der Waals surface area contributed by atoms with Crippen molar-refractivity contribution in [1.82, 2.24) is 9.21 Å². The Hall–Kier alpha value is -1.12. The lowest BCUT2D eigenvalue weighted by atomic mass is 10.4. The minimum atomic E-state index is -3.54. The molecular formula is C11H13BrN2O4S. The number of nitrogens with zero attached hydrogens (tertiary/aromatic N) is 2. The van der Waals surface area contributed by atoms with E-state index in [0.717, 1.165) is 4.47 Å². The summed E-state index contributed by atoms with van der Waals surface area (Å²) in [6.07, 6.45) is -1.01. The molecule has 19 heavy (non-hydrogen) atoms. The Labute approximate surface area is 119 Å². The quantitative estimate of drug-likeness (QED) is 0.876. The van der Waals surface area contributed by atoms with Crippen molar-refractivity contribution in [1.29, 1.82) is 0 Å². The Morgan fingerprint density at radius 3 is 2.11 bits per heavy atom. The number of sulfonamides is 1. The van der Waals surface area contributed by atoms with Gasteiger partial charge in [-0.05, 0) is 24.3 Å². The molecule has 1 aromatic carbocycles. The molecule has 0 aliphatic carbocycles. The second-order valence-electron chi connectivity index (χ2n) is 4.13. The van der Waals surface area contributed by atoms with Gasteiger partial charge in [0.2, 0.25) is 10.0 Å². The van der Waals surface area contributed by atoms with Crippen molar-refractivity contribution in [3.05, 3.63) is 28.7 Å². The van der Waals surface area contributed by atoms with E-state index < -0.39 is 16.1 Å². The molecule has 0 saturated carbocycles. The number of halogens is 1. The van der Waals surface area contributed by atoms with Crippen molar-refractivity contribution in [2.24, 2.45) is 0 Å². The molecule has 1 amide bonds. The number of benzene rings is 1. The molecule has 6 nitrogen and oxygen atoms in total. The standard InChI is InChI=1S/C11H13BrN2O4S/c12-9-1-3-10(4-2-9)19(17,18)14-7-5-13(6-8-14)11(15)16/h1-4H,5-8H2,(H,15,16). The highest BCUT2D eigenvalue weighted by Gasteiger charge is 2.29. The van der Waals surface area contributed by atoms with E-state index in [1.54, 1.807) is 12.1 Å². The van der Waals surface area contributed by atoms with E-state index in [1.807, 2.05) is 0 Å². The lowest BCUT2D eigenvalue weighted by Gasteiger charge is -2.32. The minimum Gasteiger partial charge on any atom is -0.465 e. The van der Waals surface area contributed by atoms with E-state index in [9.17, 15) is 13.2 Å². The van der Waals surface area contributed by atoms with Crippen LogP contribution in [0.3, 0.4) is 0 Å². The molecule has 1 saturated heterocycles. The van der Waals surface area contributed by atoms with Gasteiger partial charge in [-0.3, -0.25) is 0 Å². The molecule has 0 aromatic heterocycles. The van der Waals surface area contributed by atoms with Crippen LogP contribution in [0.5, 0.6) is 0 Å². The third kappa shape index (κ3) is 3.07. The lowest BCUT2D eigenvalue weighted by Crippen LogP contribution is -2.50. The summed E-state index contributed by atoms with van der Waals surface area (Å²) in [6.45, 7) is 0.769. The number of carboxylic acid groups (broad SMARTS) is 1. The predicted molar refractivity (Wildman–Crippen MR) is 72.5 cm³/mol. The van der Waals surface area contributed by atoms with Gasteiger partial charge in [0.1, 0.15) is 0 Å². The van der Waals surface area contributed by atoms with Crippen LogP contribution < -0.4 is 0 Å². The van der Waals surface area contributed by atoms with Crippen molar-refractivity contribution < 1.29 is 18.3 Å². The molecule has 0 unspecified atom stereocenters. The van der Waals surface area contributed by atoms with E-state index in [4.69, 9.17) is 5.11 Å². The van der Waals surface area contributed by atoms with Gasteiger partial charge < -0.3 is 10.0 Å². The average molecular weight is 349 g/mol. The van der Waals surface area contributed by atoms with Gasteiger partial charge in [-0.25, -0.2) is 13.2 Å². The molecule has 0 bridgehead atoms. The molecule has 1 aromatic rings. The molecule has 8 heteroatoms. The van der Waals surface area contributed by atoms with Crippen LogP contribution in [-0.4, -0.2) is 55.0 Å². The summed E-state index contributed by atoms with van der Waals surface area (Å²) in [6, 6.07) is 6.40. The Morgan fingerprint density at radius 1 is 1.11 bits per heavy atom. The van der Waals surface area contributed by atoms with Gasteiger partial charge in [0.05, 0.1) is 4.90 Å². The molecule has 1 heterocycles. The SMILES string of the molecule is O=C(O)N1CCN(S(=O)(=O)c2ccc(Br)cc2)CC1. The zero-order chi connectivity index (χ0) is 14.0. The van der Waals surface area contributed by atoms with E-state index in [2.05, 4.69) is 15.9 Å². The van der Waals surface area contributed by atoms with Crippen molar-refractivity contribution in [2.45, 2.75) is 4.90 Å². The van der Waals surface area contributed by atoms with Gasteiger partial charge in [-0.1, -0.05) is 15.9 Å². The van der Waals surface area contributed by atoms with Gasteiger partial charge in [0, 0.05) is 30.7 Å². The molecule has 104 valence electrons. The van der Waals surface area contributed by atoms with Crippen LogP contribution in [0.1, 0.15) is 0 Å². The molecule has 0 spiro atoms.